The highest BCUT2D eigenvalue weighted by atomic mass is 79.9. The van der Waals surface area contributed by atoms with Crippen molar-refractivity contribution in [3.05, 3.63) is 33.8 Å². The molecule has 0 radical (unpaired) electrons. The summed E-state index contributed by atoms with van der Waals surface area (Å²) in [5.41, 5.74) is -2.68. The van der Waals surface area contributed by atoms with Crippen LogP contribution < -0.4 is 5.32 Å². The Hall–Kier alpha value is -1.18. The van der Waals surface area contributed by atoms with E-state index in [0.29, 0.717) is 0 Å². The largest absolute Gasteiger partial charge is 0.394 e. The molecule has 0 heterocycles. The summed E-state index contributed by atoms with van der Waals surface area (Å²) in [4.78, 5) is 12.0. The van der Waals surface area contributed by atoms with Crippen molar-refractivity contribution in [3.63, 3.8) is 0 Å². The van der Waals surface area contributed by atoms with Gasteiger partial charge in [0.25, 0.3) is 5.91 Å². The number of amides is 1. The summed E-state index contributed by atoms with van der Waals surface area (Å²) in [6.07, 6.45) is -4.73. The second kappa shape index (κ2) is 4.18. The van der Waals surface area contributed by atoms with Crippen molar-refractivity contribution in [1.82, 2.24) is 5.32 Å². The van der Waals surface area contributed by atoms with E-state index in [4.69, 9.17) is 0 Å². The zero-order chi connectivity index (χ0) is 15.6. The van der Waals surface area contributed by atoms with Crippen molar-refractivity contribution >= 4 is 21.8 Å². The Morgan fingerprint density at radius 2 is 1.67 bits per heavy atom. The first-order chi connectivity index (χ1) is 9.58. The molecule has 0 unspecified atom stereocenters. The number of hydrogen-bond donors (Lipinski definition) is 1. The minimum Gasteiger partial charge on any atom is -0.346 e. The predicted octanol–water partition coefficient (Wildman–Crippen LogP) is 3.94. The highest BCUT2D eigenvalue weighted by Gasteiger charge is 2.79. The van der Waals surface area contributed by atoms with Crippen LogP contribution in [0.5, 0.6) is 0 Å². The molecule has 0 aliphatic heterocycles. The molecule has 1 aromatic rings. The second-order valence-corrected chi connectivity index (χ2v) is 6.64. The van der Waals surface area contributed by atoms with E-state index in [1.54, 1.807) is 0 Å². The molecule has 3 saturated carbocycles. The van der Waals surface area contributed by atoms with Crippen LogP contribution in [0, 0.1) is 17.0 Å². The third-order valence-electron chi connectivity index (χ3n) is 4.26. The van der Waals surface area contributed by atoms with Gasteiger partial charge in [-0.1, -0.05) is 0 Å². The van der Waals surface area contributed by atoms with Crippen molar-refractivity contribution < 1.29 is 26.7 Å². The smallest absolute Gasteiger partial charge is 0.346 e. The predicted molar refractivity (Wildman–Crippen MR) is 66.6 cm³/mol. The molecule has 3 fully saturated rings. The number of halogens is 6. The fraction of sp³-hybridized carbons (Fsp3) is 0.462. The van der Waals surface area contributed by atoms with Gasteiger partial charge in [-0.3, -0.25) is 4.79 Å². The van der Waals surface area contributed by atoms with E-state index in [2.05, 4.69) is 21.2 Å². The van der Waals surface area contributed by atoms with Gasteiger partial charge in [-0.05, 0) is 47.3 Å². The van der Waals surface area contributed by atoms with E-state index in [1.807, 2.05) is 0 Å². The third kappa shape index (κ3) is 2.06. The van der Waals surface area contributed by atoms with Gasteiger partial charge in [0.1, 0.15) is 0 Å². The molecule has 0 aromatic heterocycles. The molecule has 2 nitrogen and oxygen atoms in total. The van der Waals surface area contributed by atoms with Gasteiger partial charge in [0, 0.05) is 10.0 Å². The molecule has 114 valence electrons. The van der Waals surface area contributed by atoms with E-state index in [9.17, 15) is 26.7 Å². The maximum absolute atomic E-state index is 13.2. The summed E-state index contributed by atoms with van der Waals surface area (Å²) >= 11 is 2.94. The molecule has 1 N–H and O–H groups in total. The normalized spacial score (nSPS) is 30.4. The van der Waals surface area contributed by atoms with Crippen LogP contribution in [-0.2, 0) is 0 Å². The molecular weight excluding hydrogens is 361 g/mol. The molecule has 0 saturated heterocycles. The number of nitrogens with one attached hydrogen (secondary N) is 1. The van der Waals surface area contributed by atoms with Crippen LogP contribution in [0.25, 0.3) is 0 Å². The average Bonchev–Trinajstić information content (AvgIpc) is 2.24. The van der Waals surface area contributed by atoms with Crippen LogP contribution in [-0.4, -0.2) is 17.6 Å². The lowest BCUT2D eigenvalue weighted by atomic mass is 9.39. The molecule has 1 amide bonds. The fourth-order valence-electron chi connectivity index (χ4n) is 3.23. The minimum atomic E-state index is -4.26. The van der Waals surface area contributed by atoms with Gasteiger partial charge in [-0.2, -0.15) is 13.2 Å². The summed E-state index contributed by atoms with van der Waals surface area (Å²) in [5, 5.41) is 2.50. The van der Waals surface area contributed by atoms with Crippen molar-refractivity contribution in [1.29, 1.82) is 0 Å². The van der Waals surface area contributed by atoms with Gasteiger partial charge in [0.15, 0.2) is 11.6 Å². The van der Waals surface area contributed by atoms with Crippen molar-refractivity contribution in [2.24, 2.45) is 5.41 Å². The lowest BCUT2D eigenvalue weighted by Gasteiger charge is -2.70. The molecule has 0 spiro atoms. The Bertz CT molecular complexity index is 622. The number of carbonyl (C=O) groups is 1. The summed E-state index contributed by atoms with van der Waals surface area (Å²) in [6, 6.07) is 1.53. The van der Waals surface area contributed by atoms with Gasteiger partial charge in [0.2, 0.25) is 0 Å². The highest BCUT2D eigenvalue weighted by Crippen LogP contribution is 2.73. The number of rotatable bonds is 2. The minimum absolute atomic E-state index is 0.0519. The maximum Gasteiger partial charge on any atom is 0.394 e. The molecule has 8 heteroatoms. The Morgan fingerprint density at radius 3 is 2.19 bits per heavy atom. The Labute approximate surface area is 124 Å². The summed E-state index contributed by atoms with van der Waals surface area (Å²) < 4.78 is 64.3. The SMILES string of the molecule is O=C(NC12CC(C(F)(F)F)(C1)C2)c1cc(F)c(F)cc1Br. The lowest BCUT2D eigenvalue weighted by molar-refractivity contribution is -0.336. The molecule has 2 bridgehead atoms. The van der Waals surface area contributed by atoms with E-state index < -0.39 is 34.7 Å². The first kappa shape index (κ1) is 14.7. The van der Waals surface area contributed by atoms with Crippen molar-refractivity contribution in [2.45, 2.75) is 31.0 Å². The quantitative estimate of drug-likeness (QED) is 0.620. The van der Waals surface area contributed by atoms with Crippen LogP contribution in [0.2, 0.25) is 0 Å². The Balaban J connectivity index is 1.72. The molecule has 0 atom stereocenters. The highest BCUT2D eigenvalue weighted by molar-refractivity contribution is 9.10. The van der Waals surface area contributed by atoms with Gasteiger partial charge in [-0.15, -0.1) is 0 Å². The van der Waals surface area contributed by atoms with E-state index in [0.717, 1.165) is 12.1 Å². The topological polar surface area (TPSA) is 29.1 Å². The van der Waals surface area contributed by atoms with Crippen molar-refractivity contribution in [2.75, 3.05) is 0 Å². The van der Waals surface area contributed by atoms with Crippen LogP contribution >= 0.6 is 15.9 Å². The average molecular weight is 370 g/mol. The zero-order valence-electron chi connectivity index (χ0n) is 10.5. The Kier molecular flexibility index (Phi) is 2.93. The molecule has 3 aliphatic rings. The fourth-order valence-corrected chi connectivity index (χ4v) is 3.72. The molecule has 21 heavy (non-hydrogen) atoms. The van der Waals surface area contributed by atoms with Crippen LogP contribution in [0.4, 0.5) is 22.0 Å². The van der Waals surface area contributed by atoms with Gasteiger partial charge in [0.05, 0.1) is 11.0 Å². The lowest BCUT2D eigenvalue weighted by Crippen LogP contribution is -2.78. The van der Waals surface area contributed by atoms with Crippen LogP contribution in [0.3, 0.4) is 0 Å². The maximum atomic E-state index is 13.2. The standard InChI is InChI=1S/C13H9BrF5NO/c14-7-2-9(16)8(15)1-6(7)10(21)20-12-3-11(4-12,5-12)13(17,18)19/h1-2H,3-5H2,(H,20,21). The number of alkyl halides is 3. The number of benzene rings is 1. The monoisotopic (exact) mass is 369 g/mol. The first-order valence-electron chi connectivity index (χ1n) is 6.11. The molecule has 3 aliphatic carbocycles. The number of carbonyl (C=O) groups excluding carboxylic acids is 1. The van der Waals surface area contributed by atoms with E-state index >= 15 is 0 Å². The molecule has 1 aromatic carbocycles. The Morgan fingerprint density at radius 1 is 1.14 bits per heavy atom. The number of hydrogen-bond acceptors (Lipinski definition) is 1. The van der Waals surface area contributed by atoms with Crippen LogP contribution in [0.15, 0.2) is 16.6 Å². The summed E-state index contributed by atoms with van der Waals surface area (Å²) in [5.74, 6) is -3.01. The second-order valence-electron chi connectivity index (χ2n) is 5.79. The summed E-state index contributed by atoms with van der Waals surface area (Å²) in [7, 11) is 0. The summed E-state index contributed by atoms with van der Waals surface area (Å²) in [6.45, 7) is 0. The molecular formula is C13H9BrF5NO. The van der Waals surface area contributed by atoms with Gasteiger partial charge in [-0.25, -0.2) is 8.78 Å². The van der Waals surface area contributed by atoms with E-state index in [-0.39, 0.29) is 29.3 Å². The molecule has 4 rings (SSSR count). The zero-order valence-corrected chi connectivity index (χ0v) is 12.0. The van der Waals surface area contributed by atoms with Gasteiger partial charge >= 0.3 is 6.18 Å². The van der Waals surface area contributed by atoms with Crippen molar-refractivity contribution in [3.8, 4) is 0 Å². The van der Waals surface area contributed by atoms with Gasteiger partial charge < -0.3 is 5.32 Å². The van der Waals surface area contributed by atoms with Crippen LogP contribution in [0.1, 0.15) is 29.6 Å². The first-order valence-corrected chi connectivity index (χ1v) is 6.91. The third-order valence-corrected chi connectivity index (χ3v) is 4.92. The van der Waals surface area contributed by atoms with E-state index in [1.165, 1.54) is 0 Å².